The Morgan fingerprint density at radius 2 is 1.70 bits per heavy atom. The fraction of sp³-hybridized carbons (Fsp3) is 0.529. The molecule has 1 saturated heterocycles. The van der Waals surface area contributed by atoms with E-state index in [2.05, 4.69) is 24.1 Å². The lowest BCUT2D eigenvalue weighted by Gasteiger charge is -2.25. The fourth-order valence-electron chi connectivity index (χ4n) is 3.02. The highest BCUT2D eigenvalue weighted by Crippen LogP contribution is 2.30. The standard InChI is InChI=1S/C9H15N.C8H10O2/c1-10-7-6-8-4-2-3-5-9(8)10;1-9-7-5-3-4-6-8(7)10-2/h2,4,8-9H,3,5-7H2,1H3;3-6H,1-2H3. The lowest BCUT2D eigenvalue weighted by Crippen LogP contribution is -2.29. The van der Waals surface area contributed by atoms with Crippen LogP contribution in [0.4, 0.5) is 0 Å². The van der Waals surface area contributed by atoms with Crippen LogP contribution in [0.15, 0.2) is 36.4 Å². The number of allylic oxidation sites excluding steroid dienone is 1. The first-order chi connectivity index (χ1) is 9.76. The molecule has 3 heteroatoms. The highest BCUT2D eigenvalue weighted by molar-refractivity contribution is 5.39. The molecule has 0 spiro atoms. The lowest BCUT2D eigenvalue weighted by atomic mass is 9.91. The smallest absolute Gasteiger partial charge is 0.160 e. The van der Waals surface area contributed by atoms with E-state index in [1.807, 2.05) is 24.3 Å². The summed E-state index contributed by atoms with van der Waals surface area (Å²) in [4.78, 5) is 2.51. The van der Waals surface area contributed by atoms with E-state index in [0.29, 0.717) is 0 Å². The third-order valence-electron chi connectivity index (χ3n) is 4.18. The molecular weight excluding hydrogens is 250 g/mol. The number of likely N-dealkylation sites (tertiary alicyclic amines) is 1. The average molecular weight is 275 g/mol. The van der Waals surface area contributed by atoms with Gasteiger partial charge in [0.15, 0.2) is 11.5 Å². The fourth-order valence-corrected chi connectivity index (χ4v) is 3.02. The van der Waals surface area contributed by atoms with Gasteiger partial charge in [-0.2, -0.15) is 0 Å². The van der Waals surface area contributed by atoms with E-state index in [1.165, 1.54) is 25.8 Å². The Morgan fingerprint density at radius 1 is 1.05 bits per heavy atom. The van der Waals surface area contributed by atoms with Crippen molar-refractivity contribution in [1.82, 2.24) is 4.90 Å². The molecule has 0 N–H and O–H groups in total. The largest absolute Gasteiger partial charge is 0.493 e. The summed E-state index contributed by atoms with van der Waals surface area (Å²) in [7, 11) is 5.50. The highest BCUT2D eigenvalue weighted by Gasteiger charge is 2.30. The molecule has 2 unspecified atom stereocenters. The molecule has 1 aromatic rings. The molecule has 0 amide bonds. The normalized spacial score (nSPS) is 24.6. The lowest BCUT2D eigenvalue weighted by molar-refractivity contribution is 0.270. The number of rotatable bonds is 2. The van der Waals surface area contributed by atoms with Gasteiger partial charge in [-0.15, -0.1) is 0 Å². The van der Waals surface area contributed by atoms with Crippen LogP contribution in [-0.2, 0) is 0 Å². The van der Waals surface area contributed by atoms with Gasteiger partial charge in [0.1, 0.15) is 0 Å². The van der Waals surface area contributed by atoms with Gasteiger partial charge in [0.2, 0.25) is 0 Å². The maximum absolute atomic E-state index is 5.01. The van der Waals surface area contributed by atoms with E-state index < -0.39 is 0 Å². The summed E-state index contributed by atoms with van der Waals surface area (Å²) in [5, 5.41) is 0. The number of nitrogens with zero attached hydrogens (tertiary/aromatic N) is 1. The van der Waals surface area contributed by atoms with Gasteiger partial charge in [0.25, 0.3) is 0 Å². The predicted octanol–water partition coefficient (Wildman–Crippen LogP) is 3.36. The minimum atomic E-state index is 0.769. The van der Waals surface area contributed by atoms with Crippen molar-refractivity contribution in [3.8, 4) is 11.5 Å². The molecule has 0 saturated carbocycles. The Morgan fingerprint density at radius 3 is 2.25 bits per heavy atom. The summed E-state index contributed by atoms with van der Waals surface area (Å²) in [5.41, 5.74) is 0. The van der Waals surface area contributed by atoms with Crippen LogP contribution in [0.5, 0.6) is 11.5 Å². The molecule has 20 heavy (non-hydrogen) atoms. The van der Waals surface area contributed by atoms with Crippen LogP contribution in [0.2, 0.25) is 0 Å². The van der Waals surface area contributed by atoms with E-state index in [1.54, 1.807) is 14.2 Å². The summed E-state index contributed by atoms with van der Waals surface area (Å²) in [6.07, 6.45) is 8.83. The van der Waals surface area contributed by atoms with Gasteiger partial charge >= 0.3 is 0 Å². The zero-order chi connectivity index (χ0) is 14.4. The Bertz CT molecular complexity index is 421. The number of methoxy groups -OCH3 is 2. The summed E-state index contributed by atoms with van der Waals surface area (Å²) in [6.45, 7) is 1.31. The topological polar surface area (TPSA) is 21.7 Å². The molecule has 3 rings (SSSR count). The van der Waals surface area contributed by atoms with E-state index in [4.69, 9.17) is 9.47 Å². The molecule has 1 aromatic carbocycles. The van der Waals surface area contributed by atoms with E-state index in [0.717, 1.165) is 23.5 Å². The van der Waals surface area contributed by atoms with Crippen molar-refractivity contribution in [2.24, 2.45) is 5.92 Å². The summed E-state index contributed by atoms with van der Waals surface area (Å²) in [6, 6.07) is 8.41. The first-order valence-electron chi connectivity index (χ1n) is 7.30. The summed E-state index contributed by atoms with van der Waals surface area (Å²) >= 11 is 0. The van der Waals surface area contributed by atoms with Gasteiger partial charge in [0, 0.05) is 6.04 Å². The van der Waals surface area contributed by atoms with Crippen molar-refractivity contribution in [2.45, 2.75) is 25.3 Å². The number of hydrogen-bond donors (Lipinski definition) is 0. The maximum atomic E-state index is 5.01. The van der Waals surface area contributed by atoms with Crippen LogP contribution in [0.25, 0.3) is 0 Å². The molecule has 0 radical (unpaired) electrons. The number of fused-ring (bicyclic) bond motifs is 1. The van der Waals surface area contributed by atoms with Crippen molar-refractivity contribution in [3.05, 3.63) is 36.4 Å². The van der Waals surface area contributed by atoms with Crippen molar-refractivity contribution in [1.29, 1.82) is 0 Å². The molecular formula is C17H25NO2. The average Bonchev–Trinajstić information content (AvgIpc) is 2.90. The molecule has 2 aliphatic rings. The van der Waals surface area contributed by atoms with E-state index >= 15 is 0 Å². The van der Waals surface area contributed by atoms with E-state index in [-0.39, 0.29) is 0 Å². The minimum absolute atomic E-state index is 0.769. The zero-order valence-corrected chi connectivity index (χ0v) is 12.7. The van der Waals surface area contributed by atoms with Gasteiger partial charge in [-0.3, -0.25) is 0 Å². The zero-order valence-electron chi connectivity index (χ0n) is 12.7. The van der Waals surface area contributed by atoms with Crippen molar-refractivity contribution >= 4 is 0 Å². The van der Waals surface area contributed by atoms with Gasteiger partial charge in [-0.05, 0) is 50.9 Å². The molecule has 1 aliphatic heterocycles. The SMILES string of the molecule is CN1CCC2C=CCCC21.COc1ccccc1OC. The molecule has 2 atom stereocenters. The Labute approximate surface area is 122 Å². The van der Waals surface area contributed by atoms with Crippen molar-refractivity contribution in [3.63, 3.8) is 0 Å². The number of para-hydroxylation sites is 2. The number of hydrogen-bond acceptors (Lipinski definition) is 3. The monoisotopic (exact) mass is 275 g/mol. The van der Waals surface area contributed by atoms with Gasteiger partial charge in [-0.1, -0.05) is 24.3 Å². The second-order valence-corrected chi connectivity index (χ2v) is 5.36. The third kappa shape index (κ3) is 3.54. The molecule has 1 fully saturated rings. The summed E-state index contributed by atoms with van der Waals surface area (Å²) < 4.78 is 10.0. The van der Waals surface area contributed by atoms with Crippen LogP contribution in [-0.4, -0.2) is 38.8 Å². The van der Waals surface area contributed by atoms with Crippen LogP contribution in [0, 0.1) is 5.92 Å². The first-order valence-corrected chi connectivity index (χ1v) is 7.30. The first kappa shape index (κ1) is 14.9. The van der Waals surface area contributed by atoms with E-state index in [9.17, 15) is 0 Å². The molecule has 1 heterocycles. The number of ether oxygens (including phenoxy) is 2. The van der Waals surface area contributed by atoms with Gasteiger partial charge in [0.05, 0.1) is 14.2 Å². The molecule has 1 aliphatic carbocycles. The quantitative estimate of drug-likeness (QED) is 0.773. The molecule has 3 nitrogen and oxygen atoms in total. The second kappa shape index (κ2) is 7.34. The highest BCUT2D eigenvalue weighted by atomic mass is 16.5. The molecule has 0 bridgehead atoms. The van der Waals surface area contributed by atoms with Crippen molar-refractivity contribution < 1.29 is 9.47 Å². The van der Waals surface area contributed by atoms with Gasteiger partial charge < -0.3 is 14.4 Å². The Balaban J connectivity index is 0.000000147. The van der Waals surface area contributed by atoms with Crippen molar-refractivity contribution in [2.75, 3.05) is 27.8 Å². The van der Waals surface area contributed by atoms with Crippen LogP contribution in [0.3, 0.4) is 0 Å². The van der Waals surface area contributed by atoms with Crippen LogP contribution >= 0.6 is 0 Å². The number of benzene rings is 1. The minimum Gasteiger partial charge on any atom is -0.493 e. The van der Waals surface area contributed by atoms with Crippen LogP contribution < -0.4 is 9.47 Å². The molecule has 0 aromatic heterocycles. The third-order valence-corrected chi connectivity index (χ3v) is 4.18. The predicted molar refractivity (Wildman–Crippen MR) is 82.4 cm³/mol. The van der Waals surface area contributed by atoms with Crippen LogP contribution in [0.1, 0.15) is 19.3 Å². The Kier molecular flexibility index (Phi) is 5.48. The second-order valence-electron chi connectivity index (χ2n) is 5.36. The van der Waals surface area contributed by atoms with Gasteiger partial charge in [-0.25, -0.2) is 0 Å². The molecule has 110 valence electrons. The summed E-state index contributed by atoms with van der Waals surface area (Å²) in [5.74, 6) is 2.42. The maximum Gasteiger partial charge on any atom is 0.160 e. The Hall–Kier alpha value is -1.48.